The number of hydrogen-bond acceptors (Lipinski definition) is 4. The number of carbonyl (C=O) groups excluding carboxylic acids is 2. The molecular weight excluding hydrogens is 416 g/mol. The fourth-order valence-electron chi connectivity index (χ4n) is 3.63. The van der Waals surface area contributed by atoms with Crippen molar-refractivity contribution in [2.24, 2.45) is 0 Å². The zero-order valence-corrected chi connectivity index (χ0v) is 19.3. The first-order valence-corrected chi connectivity index (χ1v) is 10.9. The lowest BCUT2D eigenvalue weighted by Crippen LogP contribution is -2.51. The Hall–Kier alpha value is -3.80. The van der Waals surface area contributed by atoms with Crippen molar-refractivity contribution in [2.45, 2.75) is 25.9 Å². The van der Waals surface area contributed by atoms with Crippen molar-refractivity contribution in [3.63, 3.8) is 0 Å². The zero-order chi connectivity index (χ0) is 23.6. The normalized spacial score (nSPS) is 11.4. The van der Waals surface area contributed by atoms with Crippen LogP contribution in [-0.4, -0.2) is 43.5 Å². The molecule has 0 heterocycles. The van der Waals surface area contributed by atoms with E-state index in [2.05, 4.69) is 5.32 Å². The van der Waals surface area contributed by atoms with E-state index in [1.165, 1.54) is 0 Å². The predicted molar refractivity (Wildman–Crippen MR) is 128 cm³/mol. The summed E-state index contributed by atoms with van der Waals surface area (Å²) in [7, 11) is 3.18. The fraction of sp³-hybridized carbons (Fsp3) is 0.259. The fourth-order valence-corrected chi connectivity index (χ4v) is 3.63. The Bertz CT molecular complexity index is 1050. The van der Waals surface area contributed by atoms with Crippen LogP contribution in [-0.2, 0) is 22.6 Å². The second-order valence-electron chi connectivity index (χ2n) is 7.79. The summed E-state index contributed by atoms with van der Waals surface area (Å²) >= 11 is 0. The number of nitrogens with one attached hydrogen (secondary N) is 1. The average Bonchev–Trinajstić information content (AvgIpc) is 2.85. The molecule has 0 radical (unpaired) electrons. The Morgan fingerprint density at radius 1 is 0.909 bits per heavy atom. The number of ether oxygens (including phenoxy) is 2. The Kier molecular flexibility index (Phi) is 8.47. The van der Waals surface area contributed by atoms with Gasteiger partial charge >= 0.3 is 0 Å². The summed E-state index contributed by atoms with van der Waals surface area (Å²) in [5.74, 6) is 0.776. The van der Waals surface area contributed by atoms with Gasteiger partial charge in [-0.05, 0) is 42.3 Å². The minimum Gasteiger partial charge on any atom is -0.497 e. The minimum absolute atomic E-state index is 0.180. The Balaban J connectivity index is 1.85. The number of likely N-dealkylation sites (N-methyl/N-ethyl adjacent to an activating group) is 1. The SMILES string of the molecule is CNC(=O)C(Cc1ccccc1)N(Cc1cccc(C)c1)C(=O)COc1ccc(OC)cc1. The molecule has 0 aliphatic heterocycles. The van der Waals surface area contributed by atoms with Gasteiger partial charge in [0.15, 0.2) is 6.61 Å². The van der Waals surface area contributed by atoms with Gasteiger partial charge < -0.3 is 19.7 Å². The molecule has 6 heteroatoms. The number of nitrogens with zero attached hydrogens (tertiary/aromatic N) is 1. The Labute approximate surface area is 195 Å². The van der Waals surface area contributed by atoms with Crippen LogP contribution >= 0.6 is 0 Å². The highest BCUT2D eigenvalue weighted by atomic mass is 16.5. The maximum Gasteiger partial charge on any atom is 0.261 e. The van der Waals surface area contributed by atoms with Gasteiger partial charge in [-0.3, -0.25) is 9.59 Å². The molecule has 0 aromatic heterocycles. The van der Waals surface area contributed by atoms with Crippen molar-refractivity contribution in [2.75, 3.05) is 20.8 Å². The van der Waals surface area contributed by atoms with Crippen LogP contribution < -0.4 is 14.8 Å². The van der Waals surface area contributed by atoms with Crippen molar-refractivity contribution >= 4 is 11.8 Å². The molecule has 6 nitrogen and oxygen atoms in total. The predicted octanol–water partition coefficient (Wildman–Crippen LogP) is 3.77. The summed E-state index contributed by atoms with van der Waals surface area (Å²) in [6, 6.07) is 24.0. The van der Waals surface area contributed by atoms with Gasteiger partial charge in [-0.1, -0.05) is 60.2 Å². The molecule has 0 saturated heterocycles. The van der Waals surface area contributed by atoms with Crippen molar-refractivity contribution in [3.8, 4) is 11.5 Å². The topological polar surface area (TPSA) is 67.9 Å². The molecule has 2 amide bonds. The monoisotopic (exact) mass is 446 g/mol. The number of hydrogen-bond donors (Lipinski definition) is 1. The third-order valence-corrected chi connectivity index (χ3v) is 5.37. The van der Waals surface area contributed by atoms with Crippen LogP contribution in [0, 0.1) is 6.92 Å². The van der Waals surface area contributed by atoms with Gasteiger partial charge in [-0.2, -0.15) is 0 Å². The molecule has 0 bridgehead atoms. The Morgan fingerprint density at radius 2 is 1.58 bits per heavy atom. The van der Waals surface area contributed by atoms with Crippen LogP contribution in [0.15, 0.2) is 78.9 Å². The molecule has 0 aliphatic carbocycles. The van der Waals surface area contributed by atoms with E-state index in [0.717, 1.165) is 16.7 Å². The summed E-state index contributed by atoms with van der Waals surface area (Å²) in [4.78, 5) is 27.9. The maximum atomic E-state index is 13.4. The summed E-state index contributed by atoms with van der Waals surface area (Å²) in [5.41, 5.74) is 3.02. The zero-order valence-electron chi connectivity index (χ0n) is 19.3. The molecule has 0 aliphatic rings. The van der Waals surface area contributed by atoms with E-state index in [9.17, 15) is 9.59 Å². The average molecular weight is 447 g/mol. The third-order valence-electron chi connectivity index (χ3n) is 5.37. The molecule has 3 rings (SSSR count). The highest BCUT2D eigenvalue weighted by Crippen LogP contribution is 2.19. The maximum absolute atomic E-state index is 13.4. The number of benzene rings is 3. The van der Waals surface area contributed by atoms with E-state index in [4.69, 9.17) is 9.47 Å². The molecule has 3 aromatic rings. The van der Waals surface area contributed by atoms with Crippen molar-refractivity contribution in [3.05, 3.63) is 95.6 Å². The lowest BCUT2D eigenvalue weighted by atomic mass is 10.0. The van der Waals surface area contributed by atoms with Crippen molar-refractivity contribution in [1.82, 2.24) is 10.2 Å². The van der Waals surface area contributed by atoms with E-state index >= 15 is 0 Å². The molecule has 0 fully saturated rings. The lowest BCUT2D eigenvalue weighted by Gasteiger charge is -2.31. The highest BCUT2D eigenvalue weighted by molar-refractivity contribution is 5.88. The molecule has 1 N–H and O–H groups in total. The van der Waals surface area contributed by atoms with Gasteiger partial charge in [0.1, 0.15) is 17.5 Å². The van der Waals surface area contributed by atoms with Crippen molar-refractivity contribution < 1.29 is 19.1 Å². The van der Waals surface area contributed by atoms with Crippen molar-refractivity contribution in [1.29, 1.82) is 0 Å². The second kappa shape index (κ2) is 11.7. The molecule has 172 valence electrons. The van der Waals surface area contributed by atoms with Crippen LogP contribution in [0.2, 0.25) is 0 Å². The molecule has 0 saturated carbocycles. The first-order valence-electron chi connectivity index (χ1n) is 10.9. The molecule has 1 atom stereocenters. The quantitative estimate of drug-likeness (QED) is 0.515. The van der Waals surface area contributed by atoms with Crippen LogP contribution in [0.5, 0.6) is 11.5 Å². The second-order valence-corrected chi connectivity index (χ2v) is 7.79. The molecule has 0 spiro atoms. The van der Waals surface area contributed by atoms with Gasteiger partial charge in [-0.25, -0.2) is 0 Å². The minimum atomic E-state index is -0.676. The van der Waals surface area contributed by atoms with E-state index in [1.54, 1.807) is 43.3 Å². The first kappa shape index (κ1) is 23.9. The molecule has 33 heavy (non-hydrogen) atoms. The van der Waals surface area contributed by atoms with Crippen LogP contribution in [0.25, 0.3) is 0 Å². The van der Waals surface area contributed by atoms with Crippen LogP contribution in [0.3, 0.4) is 0 Å². The molecular formula is C27H30N2O4. The number of carbonyl (C=O) groups is 2. The largest absolute Gasteiger partial charge is 0.497 e. The number of aryl methyl sites for hydroxylation is 1. The number of rotatable bonds is 10. The first-order chi connectivity index (χ1) is 16.0. The van der Waals surface area contributed by atoms with Gasteiger partial charge in [0.05, 0.1) is 7.11 Å². The van der Waals surface area contributed by atoms with E-state index in [-0.39, 0.29) is 18.4 Å². The molecule has 3 aromatic carbocycles. The van der Waals surface area contributed by atoms with Gasteiger partial charge in [-0.15, -0.1) is 0 Å². The smallest absolute Gasteiger partial charge is 0.261 e. The van der Waals surface area contributed by atoms with E-state index in [1.807, 2.05) is 61.5 Å². The summed E-state index contributed by atoms with van der Waals surface area (Å²) < 4.78 is 10.9. The van der Waals surface area contributed by atoms with Gasteiger partial charge in [0.25, 0.3) is 5.91 Å². The standard InChI is InChI=1S/C27H30N2O4/c1-20-8-7-11-22(16-20)18-29(25(27(31)28-2)17-21-9-5-4-6-10-21)26(30)19-33-24-14-12-23(32-3)13-15-24/h4-16,25H,17-19H2,1-3H3,(H,28,31). The van der Waals surface area contributed by atoms with E-state index < -0.39 is 6.04 Å². The lowest BCUT2D eigenvalue weighted by molar-refractivity contribution is -0.142. The molecule has 1 unspecified atom stereocenters. The number of amides is 2. The Morgan fingerprint density at radius 3 is 2.21 bits per heavy atom. The summed E-state index contributed by atoms with van der Waals surface area (Å²) in [5, 5.41) is 2.72. The van der Waals surface area contributed by atoms with E-state index in [0.29, 0.717) is 24.5 Å². The van der Waals surface area contributed by atoms with Gasteiger partial charge in [0, 0.05) is 20.0 Å². The summed E-state index contributed by atoms with van der Waals surface area (Å²) in [6.07, 6.45) is 0.403. The van der Waals surface area contributed by atoms with Crippen LogP contribution in [0.1, 0.15) is 16.7 Å². The number of methoxy groups -OCH3 is 1. The highest BCUT2D eigenvalue weighted by Gasteiger charge is 2.30. The van der Waals surface area contributed by atoms with Gasteiger partial charge in [0.2, 0.25) is 5.91 Å². The summed E-state index contributed by atoms with van der Waals surface area (Å²) in [6.45, 7) is 2.13. The third kappa shape index (κ3) is 6.84. The van der Waals surface area contributed by atoms with Crippen LogP contribution in [0.4, 0.5) is 0 Å².